The highest BCUT2D eigenvalue weighted by atomic mass is 16.4. The quantitative estimate of drug-likeness (QED) is 0.205. The first-order valence-corrected chi connectivity index (χ1v) is 11.4. The summed E-state index contributed by atoms with van der Waals surface area (Å²) in [5.74, 6) is -3.01. The molecule has 0 saturated carbocycles. The molecule has 0 aliphatic carbocycles. The Hall–Kier alpha value is -3.18. The van der Waals surface area contributed by atoms with Gasteiger partial charge in [0.15, 0.2) is 0 Å². The van der Waals surface area contributed by atoms with Crippen LogP contribution in [0.25, 0.3) is 0 Å². The number of phenolic OH excluding ortho intramolecular Hbond substituents is 1. The summed E-state index contributed by atoms with van der Waals surface area (Å²) in [4.78, 5) is 49.7. The molecule has 4 atom stereocenters. The summed E-state index contributed by atoms with van der Waals surface area (Å²) in [5, 5.41) is 39.1. The molecule has 0 spiro atoms. The van der Waals surface area contributed by atoms with Crippen molar-refractivity contribution in [1.29, 1.82) is 0 Å². The first-order valence-electron chi connectivity index (χ1n) is 11.4. The molecule has 0 bridgehead atoms. The number of carboxylic acids is 1. The second-order valence-electron chi connectivity index (χ2n) is 8.85. The normalized spacial score (nSPS) is 18.1. The molecule has 1 fully saturated rings. The Morgan fingerprint density at radius 1 is 1.00 bits per heavy atom. The molecular formula is C23H34N4O7. The van der Waals surface area contributed by atoms with Gasteiger partial charge < -0.3 is 36.6 Å². The highest BCUT2D eigenvalue weighted by Crippen LogP contribution is 2.12. The van der Waals surface area contributed by atoms with E-state index in [1.54, 1.807) is 0 Å². The molecule has 1 saturated heterocycles. The maximum absolute atomic E-state index is 12.9. The topological polar surface area (TPSA) is 177 Å². The Bertz CT molecular complexity index is 853. The maximum Gasteiger partial charge on any atom is 0.326 e. The number of aliphatic carboxylic acids is 1. The van der Waals surface area contributed by atoms with Crippen molar-refractivity contribution in [2.75, 3.05) is 13.2 Å². The largest absolute Gasteiger partial charge is 0.508 e. The van der Waals surface area contributed by atoms with E-state index >= 15 is 0 Å². The van der Waals surface area contributed by atoms with Gasteiger partial charge in [-0.05, 0) is 49.4 Å². The number of rotatable bonds is 12. The van der Waals surface area contributed by atoms with E-state index in [0.29, 0.717) is 18.4 Å². The summed E-state index contributed by atoms with van der Waals surface area (Å²) in [6.07, 6.45) is 1.79. The van der Waals surface area contributed by atoms with Crippen molar-refractivity contribution in [2.45, 2.75) is 63.7 Å². The van der Waals surface area contributed by atoms with Crippen LogP contribution in [0.3, 0.4) is 0 Å². The minimum Gasteiger partial charge on any atom is -0.508 e. The van der Waals surface area contributed by atoms with E-state index in [4.69, 9.17) is 0 Å². The van der Waals surface area contributed by atoms with Gasteiger partial charge >= 0.3 is 5.97 Å². The second kappa shape index (κ2) is 12.9. The number of aliphatic hydroxyl groups is 1. The summed E-state index contributed by atoms with van der Waals surface area (Å²) in [6.45, 7) is 3.74. The lowest BCUT2D eigenvalue weighted by Gasteiger charge is -2.25. The molecule has 1 aliphatic heterocycles. The molecule has 4 unspecified atom stereocenters. The zero-order valence-corrected chi connectivity index (χ0v) is 19.4. The van der Waals surface area contributed by atoms with Gasteiger partial charge in [-0.1, -0.05) is 26.0 Å². The van der Waals surface area contributed by atoms with Crippen molar-refractivity contribution < 1.29 is 34.5 Å². The number of nitrogens with one attached hydrogen (secondary N) is 4. The van der Waals surface area contributed by atoms with Crippen LogP contribution >= 0.6 is 0 Å². The lowest BCUT2D eigenvalue weighted by Crippen LogP contribution is -2.58. The summed E-state index contributed by atoms with van der Waals surface area (Å²) in [6, 6.07) is 1.85. The molecular weight excluding hydrogens is 444 g/mol. The van der Waals surface area contributed by atoms with E-state index in [2.05, 4.69) is 21.3 Å². The molecule has 7 N–H and O–H groups in total. The molecule has 3 amide bonds. The van der Waals surface area contributed by atoms with E-state index in [1.807, 2.05) is 13.8 Å². The number of hydrogen-bond acceptors (Lipinski definition) is 7. The van der Waals surface area contributed by atoms with Gasteiger partial charge in [-0.3, -0.25) is 14.4 Å². The van der Waals surface area contributed by atoms with Crippen LogP contribution in [0.15, 0.2) is 24.3 Å². The van der Waals surface area contributed by atoms with Crippen molar-refractivity contribution in [3.63, 3.8) is 0 Å². The number of carbonyl (C=O) groups excluding carboxylic acids is 3. The third kappa shape index (κ3) is 8.31. The molecule has 1 aliphatic rings. The zero-order chi connectivity index (χ0) is 25.3. The number of carboxylic acid groups (broad SMARTS) is 1. The molecule has 1 heterocycles. The number of phenols is 1. The van der Waals surface area contributed by atoms with Gasteiger partial charge in [0, 0.05) is 6.42 Å². The number of carbonyl (C=O) groups is 4. The van der Waals surface area contributed by atoms with E-state index in [9.17, 15) is 34.5 Å². The highest BCUT2D eigenvalue weighted by Gasteiger charge is 2.31. The number of benzene rings is 1. The van der Waals surface area contributed by atoms with Crippen LogP contribution in [-0.2, 0) is 25.6 Å². The molecule has 0 radical (unpaired) electrons. The first kappa shape index (κ1) is 27.1. The number of hydrogen-bond donors (Lipinski definition) is 7. The second-order valence-corrected chi connectivity index (χ2v) is 8.85. The fraction of sp³-hybridized carbons (Fsp3) is 0.565. The molecule has 2 rings (SSSR count). The lowest BCUT2D eigenvalue weighted by molar-refractivity contribution is -0.142. The van der Waals surface area contributed by atoms with E-state index < -0.39 is 42.5 Å². The summed E-state index contributed by atoms with van der Waals surface area (Å²) >= 11 is 0. The fourth-order valence-corrected chi connectivity index (χ4v) is 3.69. The predicted molar refractivity (Wildman–Crippen MR) is 123 cm³/mol. The van der Waals surface area contributed by atoms with Gasteiger partial charge in [-0.25, -0.2) is 4.79 Å². The van der Waals surface area contributed by atoms with Gasteiger partial charge in [0.25, 0.3) is 0 Å². The van der Waals surface area contributed by atoms with Crippen molar-refractivity contribution in [2.24, 2.45) is 5.92 Å². The monoisotopic (exact) mass is 478 g/mol. The Morgan fingerprint density at radius 2 is 1.62 bits per heavy atom. The fourth-order valence-electron chi connectivity index (χ4n) is 3.69. The lowest BCUT2D eigenvalue weighted by atomic mass is 10.0. The van der Waals surface area contributed by atoms with Crippen LogP contribution in [0.4, 0.5) is 0 Å². The van der Waals surface area contributed by atoms with E-state index in [1.165, 1.54) is 24.3 Å². The molecule has 188 valence electrons. The van der Waals surface area contributed by atoms with Crippen LogP contribution in [-0.4, -0.2) is 76.3 Å². The van der Waals surface area contributed by atoms with Crippen LogP contribution in [0.5, 0.6) is 5.75 Å². The van der Waals surface area contributed by atoms with Gasteiger partial charge in [0.1, 0.15) is 23.9 Å². The van der Waals surface area contributed by atoms with Crippen molar-refractivity contribution in [1.82, 2.24) is 21.3 Å². The third-order valence-electron chi connectivity index (χ3n) is 5.52. The Balaban J connectivity index is 2.02. The van der Waals surface area contributed by atoms with Gasteiger partial charge in [0.2, 0.25) is 17.7 Å². The molecule has 1 aromatic carbocycles. The standard InChI is InChI=1S/C23H34N4O7/c1-13(2)10-17(25-20(30)16-4-3-9-24-16)21(31)27-19(12-28)22(32)26-18(23(33)34)11-14-5-7-15(29)8-6-14/h5-8,13,16-19,24,28-29H,3-4,9-12H2,1-2H3,(H,25,30)(H,26,32)(H,27,31)(H,33,34). The third-order valence-corrected chi connectivity index (χ3v) is 5.52. The number of aliphatic hydroxyl groups excluding tert-OH is 1. The highest BCUT2D eigenvalue weighted by molar-refractivity contribution is 5.94. The minimum absolute atomic E-state index is 0.0227. The van der Waals surface area contributed by atoms with Crippen LogP contribution in [0.2, 0.25) is 0 Å². The summed E-state index contributed by atoms with van der Waals surface area (Å²) < 4.78 is 0. The summed E-state index contributed by atoms with van der Waals surface area (Å²) in [7, 11) is 0. The number of aromatic hydroxyl groups is 1. The maximum atomic E-state index is 12.9. The molecule has 0 aromatic heterocycles. The number of amides is 3. The van der Waals surface area contributed by atoms with Crippen molar-refractivity contribution in [3.05, 3.63) is 29.8 Å². The first-order chi connectivity index (χ1) is 16.1. The van der Waals surface area contributed by atoms with Crippen LogP contribution in [0, 0.1) is 5.92 Å². The zero-order valence-electron chi connectivity index (χ0n) is 19.4. The average molecular weight is 479 g/mol. The SMILES string of the molecule is CC(C)CC(NC(=O)C1CCCN1)C(=O)NC(CO)C(=O)NC(Cc1ccc(O)cc1)C(=O)O. The van der Waals surface area contributed by atoms with Crippen LogP contribution < -0.4 is 21.3 Å². The van der Waals surface area contributed by atoms with Crippen molar-refractivity contribution in [3.8, 4) is 5.75 Å². The minimum atomic E-state index is -1.40. The van der Waals surface area contributed by atoms with Crippen molar-refractivity contribution >= 4 is 23.7 Å². The average Bonchev–Trinajstić information content (AvgIpc) is 3.32. The Morgan fingerprint density at radius 3 is 2.15 bits per heavy atom. The molecule has 11 heteroatoms. The van der Waals surface area contributed by atoms with Gasteiger partial charge in [-0.2, -0.15) is 0 Å². The Kier molecular flexibility index (Phi) is 10.3. The van der Waals surface area contributed by atoms with Gasteiger partial charge in [-0.15, -0.1) is 0 Å². The van der Waals surface area contributed by atoms with E-state index in [-0.39, 0.29) is 30.0 Å². The molecule has 11 nitrogen and oxygen atoms in total. The molecule has 1 aromatic rings. The van der Waals surface area contributed by atoms with Crippen LogP contribution in [0.1, 0.15) is 38.7 Å². The van der Waals surface area contributed by atoms with Gasteiger partial charge in [0.05, 0.1) is 12.6 Å². The molecule has 34 heavy (non-hydrogen) atoms. The predicted octanol–water partition coefficient (Wildman–Crippen LogP) is -0.736. The Labute approximate surface area is 198 Å². The van der Waals surface area contributed by atoms with E-state index in [0.717, 1.165) is 13.0 Å². The smallest absolute Gasteiger partial charge is 0.326 e. The summed E-state index contributed by atoms with van der Waals surface area (Å²) in [5.41, 5.74) is 0.565.